The van der Waals surface area contributed by atoms with Gasteiger partial charge in [0.25, 0.3) is 11.8 Å². The third-order valence-electron chi connectivity index (χ3n) is 16.6. The summed E-state index contributed by atoms with van der Waals surface area (Å²) in [5, 5.41) is 10.3. The van der Waals surface area contributed by atoms with E-state index in [-0.39, 0.29) is 78.1 Å². The van der Waals surface area contributed by atoms with Crippen LogP contribution < -0.4 is 30.5 Å². The first kappa shape index (κ1) is 48.4. The molecule has 386 valence electrons. The van der Waals surface area contributed by atoms with Gasteiger partial charge in [-0.1, -0.05) is 42.3 Å². The van der Waals surface area contributed by atoms with Gasteiger partial charge in [-0.05, 0) is 93.4 Å². The number of carbonyl (C=O) groups is 5. The molecule has 5 amide bonds. The molecule has 6 fully saturated rings. The number of hydrogen-bond acceptors (Lipinski definition) is 14. The summed E-state index contributed by atoms with van der Waals surface area (Å²) in [6.45, 7) is 8.59. The van der Waals surface area contributed by atoms with Crippen LogP contribution in [0.1, 0.15) is 90.5 Å². The summed E-state index contributed by atoms with van der Waals surface area (Å²) in [5.41, 5.74) is 2.30. The van der Waals surface area contributed by atoms with Crippen molar-refractivity contribution in [3.05, 3.63) is 95.2 Å². The average Bonchev–Trinajstić information content (AvgIpc) is 4.12. The van der Waals surface area contributed by atoms with Gasteiger partial charge in [0, 0.05) is 86.6 Å². The molecule has 7 aliphatic heterocycles. The lowest BCUT2D eigenvalue weighted by Crippen LogP contribution is -2.54. The third kappa shape index (κ3) is 8.76. The number of ether oxygens (including phenoxy) is 2. The van der Waals surface area contributed by atoms with Crippen molar-refractivity contribution in [3.8, 4) is 29.6 Å². The van der Waals surface area contributed by atoms with E-state index in [1.807, 2.05) is 6.07 Å². The Bertz CT molecular complexity index is 3270. The monoisotopic (exact) mass is 1020 g/mol. The highest BCUT2D eigenvalue weighted by molar-refractivity contribution is 6.23. The molecule has 17 nitrogen and oxygen atoms in total. The van der Waals surface area contributed by atoms with Gasteiger partial charge in [-0.15, -0.1) is 6.42 Å². The molecule has 3 N–H and O–H groups in total. The van der Waals surface area contributed by atoms with Crippen LogP contribution >= 0.6 is 0 Å². The lowest BCUT2D eigenvalue weighted by Gasteiger charge is -2.35. The number of amides is 5. The number of anilines is 2. The topological polar surface area (TPSA) is 192 Å². The van der Waals surface area contributed by atoms with Crippen molar-refractivity contribution >= 4 is 62.9 Å². The molecule has 12 rings (SSSR count). The first-order chi connectivity index (χ1) is 36.3. The fourth-order valence-corrected chi connectivity index (χ4v) is 12.9. The van der Waals surface area contributed by atoms with Crippen molar-refractivity contribution in [2.45, 2.75) is 93.9 Å². The van der Waals surface area contributed by atoms with Gasteiger partial charge in [0.1, 0.15) is 42.1 Å². The van der Waals surface area contributed by atoms with E-state index in [9.17, 15) is 24.0 Å². The second kappa shape index (κ2) is 19.3. The van der Waals surface area contributed by atoms with Crippen LogP contribution in [0.25, 0.3) is 32.9 Å². The number of nitrogens with zero attached hydrogens (tertiary/aromatic N) is 7. The van der Waals surface area contributed by atoms with Gasteiger partial charge in [-0.25, -0.2) is 13.6 Å². The van der Waals surface area contributed by atoms with Gasteiger partial charge < -0.3 is 29.9 Å². The quantitative estimate of drug-likeness (QED) is 0.0747. The van der Waals surface area contributed by atoms with Crippen molar-refractivity contribution in [1.29, 1.82) is 0 Å². The third-order valence-corrected chi connectivity index (χ3v) is 16.6. The van der Waals surface area contributed by atoms with Crippen LogP contribution in [0.5, 0.6) is 6.01 Å². The fourth-order valence-electron chi connectivity index (χ4n) is 12.9. The molecule has 0 saturated carbocycles. The maximum absolute atomic E-state index is 17.2. The molecule has 75 heavy (non-hydrogen) atoms. The summed E-state index contributed by atoms with van der Waals surface area (Å²) in [4.78, 5) is 85.8. The maximum atomic E-state index is 17.2. The molecule has 5 atom stereocenters. The lowest BCUT2D eigenvalue weighted by atomic mass is 9.93. The molecule has 1 unspecified atom stereocenters. The lowest BCUT2D eigenvalue weighted by molar-refractivity contribution is -0.136. The Morgan fingerprint density at radius 2 is 1.73 bits per heavy atom. The second-order valence-corrected chi connectivity index (χ2v) is 21.2. The largest absolute Gasteiger partial charge is 0.461 e. The minimum atomic E-state index is -1.02. The van der Waals surface area contributed by atoms with E-state index in [4.69, 9.17) is 25.9 Å². The average molecular weight is 1020 g/mol. The Morgan fingerprint density at radius 1 is 0.933 bits per heavy atom. The summed E-state index contributed by atoms with van der Waals surface area (Å²) in [6, 6.07) is 12.8. The molecule has 9 heterocycles. The van der Waals surface area contributed by atoms with Crippen molar-refractivity contribution in [2.24, 2.45) is 5.92 Å². The minimum absolute atomic E-state index is 0.0102. The van der Waals surface area contributed by atoms with E-state index >= 15 is 8.78 Å². The van der Waals surface area contributed by atoms with Gasteiger partial charge in [0.05, 0.1) is 27.6 Å². The van der Waals surface area contributed by atoms with E-state index in [1.54, 1.807) is 42.6 Å². The Hall–Kier alpha value is -7.56. The standard InChI is InChI=1S/C56H56F2N10O7/c1-3-38-43(57)12-7-33-5-4-6-40(46(33)38)48-47(58)49-42(25-60-48)50(66-27-34-8-9-35(28-66)61-34)64-54(63-49)75-30-56-19-15-37(67(56)26-31(2)24-56)29-74-55(73)59-20-16-32-17-21-65(22-18-32)36-10-11-39-41(23-36)53(72)68(52(39)71)44-13-14-45(69)62-51(44)70/h1,4-7,10-12,23,25,32,34-35,37,44,61H,2,8-9,13-22,24,26-30H2,(H,59,73)(H,62,69,70)/t34-,35+,37-,44?,56-/m0/s1. The highest BCUT2D eigenvalue weighted by Crippen LogP contribution is 2.45. The number of piperidine rings is 2. The number of rotatable bonds is 12. The number of alkyl carbamates (subject to hydrolysis) is 1. The first-order valence-electron chi connectivity index (χ1n) is 26.0. The van der Waals surface area contributed by atoms with E-state index in [0.717, 1.165) is 74.2 Å². The van der Waals surface area contributed by atoms with Crippen LogP contribution in [-0.2, 0) is 14.3 Å². The molecule has 5 aromatic rings. The molecular formula is C56H56F2N10O7. The predicted molar refractivity (Wildman–Crippen MR) is 274 cm³/mol. The molecule has 0 spiro atoms. The number of piperazine rings is 1. The van der Waals surface area contributed by atoms with Crippen molar-refractivity contribution < 1.29 is 42.2 Å². The summed E-state index contributed by atoms with van der Waals surface area (Å²) >= 11 is 0. The number of benzene rings is 3. The Labute approximate surface area is 431 Å². The molecule has 3 aromatic carbocycles. The van der Waals surface area contributed by atoms with Crippen LogP contribution in [-0.4, -0.2) is 137 Å². The SMILES string of the molecule is C#Cc1c(F)ccc2cccc(-c3ncc4c(N5C[C@H]6CC[C@@H](C5)N6)nc(OC[C@@]56CC[C@@H](COC(=O)NCCC7CCN(c8ccc9c(c8)C(=O)N(C8CCC(=O)NC8=O)C9=O)CC7)N5CC(=C)C6)nc4c3F)c12. The summed E-state index contributed by atoms with van der Waals surface area (Å²) < 4.78 is 44.7. The van der Waals surface area contributed by atoms with Crippen LogP contribution in [0.4, 0.5) is 25.1 Å². The van der Waals surface area contributed by atoms with Crippen LogP contribution in [0.15, 0.2) is 66.9 Å². The van der Waals surface area contributed by atoms with E-state index in [0.29, 0.717) is 66.1 Å². The van der Waals surface area contributed by atoms with Crippen LogP contribution in [0.3, 0.4) is 0 Å². The van der Waals surface area contributed by atoms with Gasteiger partial charge in [0.15, 0.2) is 5.82 Å². The van der Waals surface area contributed by atoms with Gasteiger partial charge in [-0.3, -0.25) is 39.3 Å². The number of pyridine rings is 1. The van der Waals surface area contributed by atoms with E-state index in [1.165, 1.54) is 6.07 Å². The number of terminal acetylenes is 1. The van der Waals surface area contributed by atoms with Gasteiger partial charge in [0.2, 0.25) is 11.8 Å². The highest BCUT2D eigenvalue weighted by atomic mass is 19.1. The van der Waals surface area contributed by atoms with Crippen molar-refractivity contribution in [1.82, 2.24) is 40.7 Å². The molecule has 2 bridgehead atoms. The smallest absolute Gasteiger partial charge is 0.407 e. The van der Waals surface area contributed by atoms with Crippen molar-refractivity contribution in [3.63, 3.8) is 0 Å². The number of halogens is 2. The van der Waals surface area contributed by atoms with E-state index in [2.05, 4.69) is 48.1 Å². The number of carbonyl (C=O) groups excluding carboxylic acids is 5. The second-order valence-electron chi connectivity index (χ2n) is 21.2. The molecule has 19 heteroatoms. The number of fused-ring (bicyclic) bond motifs is 6. The zero-order valence-corrected chi connectivity index (χ0v) is 41.3. The maximum Gasteiger partial charge on any atom is 0.407 e. The van der Waals surface area contributed by atoms with Crippen LogP contribution in [0, 0.1) is 29.9 Å². The molecule has 0 aliphatic carbocycles. The van der Waals surface area contributed by atoms with Crippen LogP contribution in [0.2, 0.25) is 0 Å². The minimum Gasteiger partial charge on any atom is -0.461 e. The number of aromatic nitrogens is 3. The summed E-state index contributed by atoms with van der Waals surface area (Å²) in [5.74, 6) is -0.0423. The molecular weight excluding hydrogens is 963 g/mol. The summed E-state index contributed by atoms with van der Waals surface area (Å²) in [7, 11) is 0. The number of imide groups is 2. The molecule has 0 radical (unpaired) electrons. The molecule has 6 saturated heterocycles. The van der Waals surface area contributed by atoms with Gasteiger partial charge >= 0.3 is 12.1 Å². The fraction of sp³-hybridized carbons (Fsp3) is 0.429. The summed E-state index contributed by atoms with van der Waals surface area (Å²) in [6.07, 6.45) is 13.8. The number of nitrogens with one attached hydrogen (secondary N) is 3. The van der Waals surface area contributed by atoms with Crippen molar-refractivity contribution in [2.75, 3.05) is 62.3 Å². The normalized spacial score (nSPS) is 24.8. The zero-order valence-electron chi connectivity index (χ0n) is 41.3. The van der Waals surface area contributed by atoms with Gasteiger partial charge in [-0.2, -0.15) is 9.97 Å². The molecule has 7 aliphatic rings. The Kier molecular flexibility index (Phi) is 12.4. The predicted octanol–water partition coefficient (Wildman–Crippen LogP) is 6.02. The Morgan fingerprint density at radius 3 is 2.52 bits per heavy atom. The first-order valence-corrected chi connectivity index (χ1v) is 26.0. The number of hydrogen-bond donors (Lipinski definition) is 3. The van der Waals surface area contributed by atoms with E-state index < -0.39 is 52.9 Å². The molecule has 2 aromatic heterocycles. The zero-order chi connectivity index (χ0) is 51.7. The Balaban J connectivity index is 0.673. The highest BCUT2D eigenvalue weighted by Gasteiger charge is 2.52.